The lowest BCUT2D eigenvalue weighted by Crippen LogP contribution is -2.48. The van der Waals surface area contributed by atoms with Crippen LogP contribution in [-0.4, -0.2) is 64.9 Å². The molecule has 3 aliphatic rings. The Morgan fingerprint density at radius 3 is 2.52 bits per heavy atom. The Balaban J connectivity index is 1.65. The van der Waals surface area contributed by atoms with Gasteiger partial charge in [0.1, 0.15) is 12.1 Å². The van der Waals surface area contributed by atoms with Crippen LogP contribution in [0.5, 0.6) is 0 Å². The summed E-state index contributed by atoms with van der Waals surface area (Å²) in [6, 6.07) is 0.406. The molecular formula is C16H26N4O3. The molecule has 0 saturated carbocycles. The van der Waals surface area contributed by atoms with Crippen molar-refractivity contribution in [3.63, 3.8) is 0 Å². The van der Waals surface area contributed by atoms with E-state index >= 15 is 0 Å². The maximum absolute atomic E-state index is 12.6. The maximum atomic E-state index is 12.6. The Kier molecular flexibility index (Phi) is 4.31. The van der Waals surface area contributed by atoms with E-state index < -0.39 is 11.6 Å². The summed E-state index contributed by atoms with van der Waals surface area (Å²) < 4.78 is 0. The van der Waals surface area contributed by atoms with Crippen molar-refractivity contribution >= 4 is 17.8 Å². The van der Waals surface area contributed by atoms with Gasteiger partial charge in [-0.15, -0.1) is 0 Å². The van der Waals surface area contributed by atoms with Crippen molar-refractivity contribution in [1.29, 1.82) is 0 Å². The molecule has 0 radical (unpaired) electrons. The van der Waals surface area contributed by atoms with Gasteiger partial charge in [-0.3, -0.25) is 14.5 Å². The van der Waals surface area contributed by atoms with Gasteiger partial charge in [0.15, 0.2) is 0 Å². The highest BCUT2D eigenvalue weighted by atomic mass is 16.2. The molecule has 3 saturated heterocycles. The van der Waals surface area contributed by atoms with Crippen molar-refractivity contribution in [2.75, 3.05) is 19.6 Å². The summed E-state index contributed by atoms with van der Waals surface area (Å²) in [4.78, 5) is 40.2. The summed E-state index contributed by atoms with van der Waals surface area (Å²) >= 11 is 0. The Labute approximate surface area is 136 Å². The first kappa shape index (κ1) is 16.2. The minimum absolute atomic E-state index is 0.133. The molecule has 7 heteroatoms. The van der Waals surface area contributed by atoms with Crippen molar-refractivity contribution in [3.8, 4) is 0 Å². The molecule has 7 nitrogen and oxygen atoms in total. The van der Waals surface area contributed by atoms with Crippen molar-refractivity contribution in [2.24, 2.45) is 0 Å². The average molecular weight is 322 g/mol. The number of rotatable bonds is 4. The zero-order valence-corrected chi connectivity index (χ0v) is 13.9. The molecule has 2 atom stereocenters. The highest BCUT2D eigenvalue weighted by molar-refractivity contribution is 6.08. The van der Waals surface area contributed by atoms with Crippen LogP contribution in [0.4, 0.5) is 4.79 Å². The zero-order chi connectivity index (χ0) is 16.6. The third-order valence-electron chi connectivity index (χ3n) is 5.62. The molecule has 0 aromatic heterocycles. The van der Waals surface area contributed by atoms with Crippen molar-refractivity contribution in [2.45, 2.75) is 63.6 Å². The van der Waals surface area contributed by atoms with Crippen LogP contribution in [0.15, 0.2) is 0 Å². The number of fused-ring (bicyclic) bond motifs is 2. The summed E-state index contributed by atoms with van der Waals surface area (Å²) in [5.74, 6) is -0.402. The topological polar surface area (TPSA) is 81.8 Å². The summed E-state index contributed by atoms with van der Waals surface area (Å²) in [6.45, 7) is 4.98. The molecule has 3 rings (SSSR count). The first-order valence-corrected chi connectivity index (χ1v) is 8.67. The van der Waals surface area contributed by atoms with E-state index in [4.69, 9.17) is 0 Å². The molecule has 2 unspecified atom stereocenters. The Morgan fingerprint density at radius 1 is 1.17 bits per heavy atom. The molecular weight excluding hydrogens is 296 g/mol. The smallest absolute Gasteiger partial charge is 0.325 e. The van der Waals surface area contributed by atoms with Crippen LogP contribution in [0.2, 0.25) is 0 Å². The van der Waals surface area contributed by atoms with Gasteiger partial charge >= 0.3 is 6.03 Å². The van der Waals surface area contributed by atoms with Gasteiger partial charge in [0.25, 0.3) is 5.91 Å². The number of nitrogens with one attached hydrogen (secondary N) is 2. The molecule has 3 aliphatic heterocycles. The van der Waals surface area contributed by atoms with Crippen molar-refractivity contribution in [1.82, 2.24) is 20.4 Å². The fourth-order valence-electron chi connectivity index (χ4n) is 3.95. The van der Waals surface area contributed by atoms with E-state index in [0.717, 1.165) is 17.7 Å². The quantitative estimate of drug-likeness (QED) is 0.736. The van der Waals surface area contributed by atoms with Crippen LogP contribution >= 0.6 is 0 Å². The number of carbonyl (C=O) groups excluding carboxylic acids is 3. The van der Waals surface area contributed by atoms with Gasteiger partial charge < -0.3 is 15.5 Å². The largest absolute Gasteiger partial charge is 0.340 e. The standard InChI is InChI=1S/C16H26N4O3/c1-3-16(4-2)14(22)20(15(23)18-16)10-13(21)19-8-7-11-5-6-12(9-19)17-11/h11-12,17H,3-10H2,1-2H3,(H,18,23). The number of nitrogens with zero attached hydrogens (tertiary/aromatic N) is 2. The fraction of sp³-hybridized carbons (Fsp3) is 0.812. The molecule has 0 aliphatic carbocycles. The predicted octanol–water partition coefficient (Wildman–Crippen LogP) is 0.450. The molecule has 128 valence electrons. The summed E-state index contributed by atoms with van der Waals surface area (Å²) in [6.07, 6.45) is 4.28. The van der Waals surface area contributed by atoms with Crippen LogP contribution in [-0.2, 0) is 9.59 Å². The first-order chi connectivity index (χ1) is 11.0. The van der Waals surface area contributed by atoms with Gasteiger partial charge in [0.2, 0.25) is 5.91 Å². The molecule has 4 amide bonds. The second kappa shape index (κ2) is 6.11. The number of urea groups is 1. The van der Waals surface area contributed by atoms with Crippen molar-refractivity contribution < 1.29 is 14.4 Å². The lowest BCUT2D eigenvalue weighted by atomic mass is 9.93. The number of likely N-dealkylation sites (tertiary alicyclic amines) is 1. The van der Waals surface area contributed by atoms with Gasteiger partial charge in [-0.05, 0) is 32.1 Å². The lowest BCUT2D eigenvalue weighted by molar-refractivity contribution is -0.139. The van der Waals surface area contributed by atoms with E-state index in [0.29, 0.717) is 38.0 Å². The van der Waals surface area contributed by atoms with Gasteiger partial charge in [0, 0.05) is 25.2 Å². The van der Waals surface area contributed by atoms with Gasteiger partial charge in [-0.25, -0.2) is 4.79 Å². The van der Waals surface area contributed by atoms with E-state index in [2.05, 4.69) is 10.6 Å². The fourth-order valence-corrected chi connectivity index (χ4v) is 3.95. The Bertz CT molecular complexity index is 517. The SMILES string of the molecule is CCC1(CC)NC(=O)N(CC(=O)N2CCC3CCC(C2)N3)C1=O. The first-order valence-electron chi connectivity index (χ1n) is 8.67. The molecule has 2 bridgehead atoms. The molecule has 3 heterocycles. The molecule has 2 N–H and O–H groups in total. The summed E-state index contributed by atoms with van der Waals surface area (Å²) in [7, 11) is 0. The zero-order valence-electron chi connectivity index (χ0n) is 13.9. The van der Waals surface area contributed by atoms with Crippen LogP contribution in [0, 0.1) is 0 Å². The van der Waals surface area contributed by atoms with E-state index in [1.807, 2.05) is 13.8 Å². The second-order valence-electron chi connectivity index (χ2n) is 6.88. The summed E-state index contributed by atoms with van der Waals surface area (Å²) in [5, 5.41) is 6.30. The lowest BCUT2D eigenvalue weighted by Gasteiger charge is -2.26. The van der Waals surface area contributed by atoms with E-state index in [9.17, 15) is 14.4 Å². The number of amides is 4. The van der Waals surface area contributed by atoms with E-state index in [-0.39, 0.29) is 18.4 Å². The molecule has 0 spiro atoms. The van der Waals surface area contributed by atoms with Crippen LogP contribution in [0.25, 0.3) is 0 Å². The van der Waals surface area contributed by atoms with Crippen LogP contribution < -0.4 is 10.6 Å². The Morgan fingerprint density at radius 2 is 1.87 bits per heavy atom. The average Bonchev–Trinajstić information content (AvgIpc) is 2.98. The maximum Gasteiger partial charge on any atom is 0.325 e. The van der Waals surface area contributed by atoms with Crippen molar-refractivity contribution in [3.05, 3.63) is 0 Å². The van der Waals surface area contributed by atoms with E-state index in [1.165, 1.54) is 6.42 Å². The molecule has 3 fully saturated rings. The van der Waals surface area contributed by atoms with Crippen LogP contribution in [0.1, 0.15) is 46.0 Å². The molecule has 0 aromatic carbocycles. The molecule has 23 heavy (non-hydrogen) atoms. The van der Waals surface area contributed by atoms with Gasteiger partial charge in [-0.1, -0.05) is 13.8 Å². The summed E-state index contributed by atoms with van der Waals surface area (Å²) in [5.41, 5.74) is -0.837. The number of carbonyl (C=O) groups is 3. The number of hydrogen-bond donors (Lipinski definition) is 2. The number of imide groups is 1. The monoisotopic (exact) mass is 322 g/mol. The van der Waals surface area contributed by atoms with E-state index in [1.54, 1.807) is 4.90 Å². The normalized spacial score (nSPS) is 29.7. The van der Waals surface area contributed by atoms with Gasteiger partial charge in [-0.2, -0.15) is 0 Å². The van der Waals surface area contributed by atoms with Gasteiger partial charge in [0.05, 0.1) is 0 Å². The molecule has 0 aromatic rings. The van der Waals surface area contributed by atoms with Crippen LogP contribution in [0.3, 0.4) is 0 Å². The highest BCUT2D eigenvalue weighted by Crippen LogP contribution is 2.25. The minimum atomic E-state index is -0.837. The Hall–Kier alpha value is -1.63. The second-order valence-corrected chi connectivity index (χ2v) is 6.88. The predicted molar refractivity (Wildman–Crippen MR) is 84.7 cm³/mol. The third-order valence-corrected chi connectivity index (χ3v) is 5.62. The number of hydrogen-bond acceptors (Lipinski definition) is 4. The highest BCUT2D eigenvalue weighted by Gasteiger charge is 2.49. The third kappa shape index (κ3) is 2.82. The minimum Gasteiger partial charge on any atom is -0.340 e.